The Kier molecular flexibility index (Phi) is 8.29. The largest absolute Gasteiger partial charge is 0.405 e. The number of alkyl halides is 3. The Hall–Kier alpha value is -3.11. The minimum absolute atomic E-state index is 0.132. The highest BCUT2D eigenvalue weighted by atomic mass is 19.4. The zero-order valence-corrected chi connectivity index (χ0v) is 18.9. The number of aromatic amines is 1. The summed E-state index contributed by atoms with van der Waals surface area (Å²) in [6.07, 6.45) is -0.962. The average molecular weight is 462 g/mol. The van der Waals surface area contributed by atoms with Crippen molar-refractivity contribution >= 4 is 28.5 Å². The Morgan fingerprint density at radius 3 is 2.39 bits per heavy atom. The molecular formula is C23H30F3N7. The summed E-state index contributed by atoms with van der Waals surface area (Å²) in [4.78, 5) is 16.2. The van der Waals surface area contributed by atoms with Gasteiger partial charge in [-0.05, 0) is 37.7 Å². The van der Waals surface area contributed by atoms with Gasteiger partial charge in [0.15, 0.2) is 0 Å². The van der Waals surface area contributed by atoms with Crippen LogP contribution in [-0.2, 0) is 6.54 Å². The molecule has 1 aliphatic heterocycles. The summed E-state index contributed by atoms with van der Waals surface area (Å²) in [5.41, 5.74) is 2.44. The number of rotatable bonds is 6. The van der Waals surface area contributed by atoms with Crippen molar-refractivity contribution < 1.29 is 13.2 Å². The van der Waals surface area contributed by atoms with Crippen LogP contribution in [0.4, 0.5) is 30.6 Å². The summed E-state index contributed by atoms with van der Waals surface area (Å²) >= 11 is 0. The topological polar surface area (TPSA) is 72.1 Å². The van der Waals surface area contributed by atoms with Crippen molar-refractivity contribution in [3.63, 3.8) is 0 Å². The second-order valence-corrected chi connectivity index (χ2v) is 7.91. The van der Waals surface area contributed by atoms with E-state index in [1.54, 1.807) is 18.3 Å². The van der Waals surface area contributed by atoms with Crippen molar-refractivity contribution in [3.8, 4) is 0 Å². The average Bonchev–Trinajstić information content (AvgIpc) is 3.24. The SMILES string of the molecule is C=CC.CN1CCN(Cc2ccc(Nc3nc(NCC(F)(F)F)c4cc[nH]c4n3)cc2)CC1. The van der Waals surface area contributed by atoms with E-state index in [1.807, 2.05) is 31.2 Å². The number of hydrogen-bond donors (Lipinski definition) is 3. The molecule has 0 atom stereocenters. The number of likely N-dealkylation sites (N-methyl/N-ethyl adjacent to an activating group) is 1. The number of nitrogens with one attached hydrogen (secondary N) is 3. The zero-order chi connectivity index (χ0) is 23.8. The van der Waals surface area contributed by atoms with Crippen LogP contribution in [0.15, 0.2) is 49.2 Å². The summed E-state index contributed by atoms with van der Waals surface area (Å²) in [6, 6.07) is 9.57. The van der Waals surface area contributed by atoms with Gasteiger partial charge in [0, 0.05) is 44.6 Å². The van der Waals surface area contributed by atoms with E-state index in [2.05, 4.69) is 49.0 Å². The van der Waals surface area contributed by atoms with Crippen molar-refractivity contribution in [3.05, 3.63) is 54.7 Å². The molecule has 0 aliphatic carbocycles. The van der Waals surface area contributed by atoms with Crippen LogP contribution in [0, 0.1) is 0 Å². The van der Waals surface area contributed by atoms with E-state index >= 15 is 0 Å². The number of hydrogen-bond acceptors (Lipinski definition) is 6. The number of H-pyrrole nitrogens is 1. The molecule has 178 valence electrons. The first-order valence-corrected chi connectivity index (χ1v) is 10.8. The first kappa shape index (κ1) is 24.5. The number of aromatic nitrogens is 3. The molecule has 10 heteroatoms. The molecule has 1 aromatic carbocycles. The lowest BCUT2D eigenvalue weighted by atomic mass is 10.2. The van der Waals surface area contributed by atoms with Crippen LogP contribution in [0.25, 0.3) is 11.0 Å². The first-order chi connectivity index (χ1) is 15.8. The van der Waals surface area contributed by atoms with Gasteiger partial charge in [-0.2, -0.15) is 23.1 Å². The highest BCUT2D eigenvalue weighted by Crippen LogP contribution is 2.25. The predicted octanol–water partition coefficient (Wildman–Crippen LogP) is 4.62. The number of fused-ring (bicyclic) bond motifs is 1. The van der Waals surface area contributed by atoms with Gasteiger partial charge in [0.05, 0.1) is 5.39 Å². The number of benzene rings is 1. The second-order valence-electron chi connectivity index (χ2n) is 7.91. The van der Waals surface area contributed by atoms with Gasteiger partial charge in [-0.15, -0.1) is 6.58 Å². The lowest BCUT2D eigenvalue weighted by Crippen LogP contribution is -2.43. The van der Waals surface area contributed by atoms with E-state index in [0.29, 0.717) is 11.0 Å². The molecule has 7 nitrogen and oxygen atoms in total. The maximum Gasteiger partial charge on any atom is 0.405 e. The molecule has 33 heavy (non-hydrogen) atoms. The zero-order valence-electron chi connectivity index (χ0n) is 18.9. The molecule has 1 fully saturated rings. The summed E-state index contributed by atoms with van der Waals surface area (Å²) in [5, 5.41) is 5.94. The molecule has 0 spiro atoms. The maximum absolute atomic E-state index is 12.6. The van der Waals surface area contributed by atoms with Crippen LogP contribution in [0.3, 0.4) is 0 Å². The molecule has 3 aromatic rings. The molecule has 1 saturated heterocycles. The molecule has 2 aromatic heterocycles. The van der Waals surface area contributed by atoms with Crippen molar-refractivity contribution in [1.82, 2.24) is 24.8 Å². The number of nitrogens with zero attached hydrogens (tertiary/aromatic N) is 4. The van der Waals surface area contributed by atoms with Gasteiger partial charge in [0.25, 0.3) is 0 Å². The molecule has 0 saturated carbocycles. The number of piperazine rings is 1. The molecule has 1 aliphatic rings. The minimum Gasteiger partial charge on any atom is -0.360 e. The van der Waals surface area contributed by atoms with E-state index in [9.17, 15) is 13.2 Å². The summed E-state index contributed by atoms with van der Waals surface area (Å²) in [6.45, 7) is 9.23. The molecular weight excluding hydrogens is 431 g/mol. The lowest BCUT2D eigenvalue weighted by Gasteiger charge is -2.32. The normalized spacial score (nSPS) is 15.1. The van der Waals surface area contributed by atoms with Gasteiger partial charge in [0.1, 0.15) is 18.0 Å². The van der Waals surface area contributed by atoms with Crippen LogP contribution >= 0.6 is 0 Å². The molecule has 3 heterocycles. The smallest absolute Gasteiger partial charge is 0.360 e. The highest BCUT2D eigenvalue weighted by Gasteiger charge is 2.27. The second kappa shape index (κ2) is 11.2. The summed E-state index contributed by atoms with van der Waals surface area (Å²) in [5.74, 6) is 0.356. The summed E-state index contributed by atoms with van der Waals surface area (Å²) < 4.78 is 37.8. The third-order valence-electron chi connectivity index (χ3n) is 5.08. The fourth-order valence-corrected chi connectivity index (χ4v) is 3.40. The Bertz CT molecular complexity index is 1020. The third-order valence-corrected chi connectivity index (χ3v) is 5.08. The van der Waals surface area contributed by atoms with E-state index < -0.39 is 12.7 Å². The quantitative estimate of drug-likeness (QED) is 0.466. The summed E-state index contributed by atoms with van der Waals surface area (Å²) in [7, 11) is 2.13. The van der Waals surface area contributed by atoms with Crippen molar-refractivity contribution in [2.45, 2.75) is 19.6 Å². The van der Waals surface area contributed by atoms with Crippen molar-refractivity contribution in [2.24, 2.45) is 0 Å². The van der Waals surface area contributed by atoms with Gasteiger partial charge in [-0.3, -0.25) is 4.90 Å². The molecule has 3 N–H and O–H groups in total. The van der Waals surface area contributed by atoms with Gasteiger partial charge in [-0.1, -0.05) is 18.2 Å². The maximum atomic E-state index is 12.6. The van der Waals surface area contributed by atoms with Crippen molar-refractivity contribution in [1.29, 1.82) is 0 Å². The number of anilines is 3. The van der Waals surface area contributed by atoms with Crippen LogP contribution in [0.5, 0.6) is 0 Å². The minimum atomic E-state index is -4.33. The number of halogens is 3. The third kappa shape index (κ3) is 7.47. The van der Waals surface area contributed by atoms with E-state index in [-0.39, 0.29) is 11.8 Å². The molecule has 4 rings (SSSR count). The Balaban J connectivity index is 0.000000968. The van der Waals surface area contributed by atoms with E-state index in [4.69, 9.17) is 0 Å². The van der Waals surface area contributed by atoms with Crippen molar-refractivity contribution in [2.75, 3.05) is 50.4 Å². The number of allylic oxidation sites excluding steroid dienone is 1. The first-order valence-electron chi connectivity index (χ1n) is 10.8. The van der Waals surface area contributed by atoms with Gasteiger partial charge < -0.3 is 20.5 Å². The molecule has 0 bridgehead atoms. The van der Waals surface area contributed by atoms with Crippen LogP contribution < -0.4 is 10.6 Å². The molecule has 0 unspecified atom stereocenters. The van der Waals surface area contributed by atoms with Gasteiger partial charge in [0.2, 0.25) is 5.95 Å². The predicted molar refractivity (Wildman–Crippen MR) is 127 cm³/mol. The highest BCUT2D eigenvalue weighted by molar-refractivity contribution is 5.88. The van der Waals surface area contributed by atoms with Gasteiger partial charge >= 0.3 is 6.18 Å². The standard InChI is InChI=1S/C20H24F3N7.C3H6/c1-29-8-10-30(11-9-29)12-14-2-4-15(5-3-14)26-19-27-17-16(6-7-24-17)18(28-19)25-13-20(21,22)23;1-3-2/h2-7H,8-13H2,1H3,(H3,24,25,26,27,28);3H,1H2,2H3. The molecule has 0 amide bonds. The molecule has 0 radical (unpaired) electrons. The van der Waals surface area contributed by atoms with Crippen LogP contribution in [-0.4, -0.2) is 70.7 Å². The Morgan fingerprint density at radius 1 is 1.09 bits per heavy atom. The van der Waals surface area contributed by atoms with Crippen LogP contribution in [0.2, 0.25) is 0 Å². The Labute approximate surface area is 191 Å². The fraction of sp³-hybridized carbons (Fsp3) is 0.391. The monoisotopic (exact) mass is 461 g/mol. The lowest BCUT2D eigenvalue weighted by molar-refractivity contribution is -0.115. The van der Waals surface area contributed by atoms with Crippen LogP contribution in [0.1, 0.15) is 12.5 Å². The van der Waals surface area contributed by atoms with Gasteiger partial charge in [-0.25, -0.2) is 0 Å². The fourth-order valence-electron chi connectivity index (χ4n) is 3.40. The van der Waals surface area contributed by atoms with E-state index in [1.165, 1.54) is 5.56 Å². The Morgan fingerprint density at radius 2 is 1.76 bits per heavy atom. The van der Waals surface area contributed by atoms with E-state index in [0.717, 1.165) is 38.4 Å².